The molecule has 1 aliphatic heterocycles. The summed E-state index contributed by atoms with van der Waals surface area (Å²) in [7, 11) is 1.73. The van der Waals surface area contributed by atoms with Crippen LogP contribution in [0.5, 0.6) is 5.75 Å². The first kappa shape index (κ1) is 15.1. The zero-order chi connectivity index (χ0) is 15.2. The Morgan fingerprint density at radius 1 is 1.09 bits per heavy atom. The van der Waals surface area contributed by atoms with Gasteiger partial charge >= 0.3 is 0 Å². The smallest absolute Gasteiger partial charge is 0.123 e. The van der Waals surface area contributed by atoms with Gasteiger partial charge in [0.2, 0.25) is 0 Å². The van der Waals surface area contributed by atoms with Crippen LogP contribution in [0.1, 0.15) is 30.0 Å². The molecule has 1 heterocycles. The van der Waals surface area contributed by atoms with Gasteiger partial charge in [-0.15, -0.1) is 0 Å². The van der Waals surface area contributed by atoms with Gasteiger partial charge in [-0.2, -0.15) is 0 Å². The average molecular weight is 296 g/mol. The van der Waals surface area contributed by atoms with Crippen molar-refractivity contribution in [2.75, 3.05) is 13.7 Å². The maximum atomic E-state index is 5.44. The van der Waals surface area contributed by atoms with E-state index in [1.54, 1.807) is 7.11 Å². The van der Waals surface area contributed by atoms with Gasteiger partial charge < -0.3 is 15.4 Å². The quantitative estimate of drug-likeness (QED) is 0.888. The molecule has 22 heavy (non-hydrogen) atoms. The number of ether oxygens (including phenoxy) is 1. The molecule has 3 nitrogen and oxygen atoms in total. The van der Waals surface area contributed by atoms with E-state index in [1.165, 1.54) is 24.0 Å². The van der Waals surface area contributed by atoms with Crippen LogP contribution in [0.2, 0.25) is 0 Å². The molecule has 2 aromatic rings. The van der Waals surface area contributed by atoms with Crippen LogP contribution in [0.25, 0.3) is 0 Å². The van der Waals surface area contributed by atoms with Crippen LogP contribution in [0.4, 0.5) is 0 Å². The highest BCUT2D eigenvalue weighted by atomic mass is 16.5. The Bertz CT molecular complexity index is 585. The summed E-state index contributed by atoms with van der Waals surface area (Å²) in [6, 6.07) is 19.8. The van der Waals surface area contributed by atoms with Crippen molar-refractivity contribution in [2.24, 2.45) is 0 Å². The van der Waals surface area contributed by atoms with Gasteiger partial charge in [0.15, 0.2) is 0 Å². The third kappa shape index (κ3) is 3.49. The average Bonchev–Trinajstić information content (AvgIpc) is 2.61. The first-order valence-electron chi connectivity index (χ1n) is 8.02. The minimum absolute atomic E-state index is 0.379. The highest BCUT2D eigenvalue weighted by Gasteiger charge is 2.25. The number of rotatable bonds is 5. The van der Waals surface area contributed by atoms with Gasteiger partial charge in [0, 0.05) is 24.2 Å². The van der Waals surface area contributed by atoms with Crippen molar-refractivity contribution >= 4 is 0 Å². The molecule has 0 saturated carbocycles. The summed E-state index contributed by atoms with van der Waals surface area (Å²) in [4.78, 5) is 0. The lowest BCUT2D eigenvalue weighted by atomic mass is 9.92. The number of hydrogen-bond acceptors (Lipinski definition) is 3. The van der Waals surface area contributed by atoms with Gasteiger partial charge in [-0.25, -0.2) is 0 Å². The molecule has 0 radical (unpaired) electrons. The van der Waals surface area contributed by atoms with E-state index in [0.29, 0.717) is 12.1 Å². The molecule has 2 N–H and O–H groups in total. The predicted octanol–water partition coefficient (Wildman–Crippen LogP) is 3.28. The van der Waals surface area contributed by atoms with Crippen molar-refractivity contribution < 1.29 is 4.74 Å². The third-order valence-corrected chi connectivity index (χ3v) is 4.36. The van der Waals surface area contributed by atoms with Gasteiger partial charge in [-0.3, -0.25) is 0 Å². The van der Waals surface area contributed by atoms with E-state index < -0.39 is 0 Å². The second-order valence-electron chi connectivity index (χ2n) is 5.78. The molecular formula is C19H24N2O. The predicted molar refractivity (Wildman–Crippen MR) is 90.0 cm³/mol. The van der Waals surface area contributed by atoms with E-state index in [-0.39, 0.29) is 0 Å². The number of methoxy groups -OCH3 is 1. The topological polar surface area (TPSA) is 33.3 Å². The SMILES string of the molecule is COc1ccccc1CNC1CCCN[C@@H]1c1ccccc1. The normalized spacial score (nSPS) is 21.5. The molecule has 2 aromatic carbocycles. The lowest BCUT2D eigenvalue weighted by molar-refractivity contribution is 0.303. The van der Waals surface area contributed by atoms with Crippen molar-refractivity contribution in [2.45, 2.75) is 31.5 Å². The molecule has 1 saturated heterocycles. The number of para-hydroxylation sites is 1. The number of hydrogen-bond donors (Lipinski definition) is 2. The summed E-state index contributed by atoms with van der Waals surface area (Å²) in [5.74, 6) is 0.954. The van der Waals surface area contributed by atoms with E-state index >= 15 is 0 Å². The largest absolute Gasteiger partial charge is 0.496 e. The Hall–Kier alpha value is -1.84. The van der Waals surface area contributed by atoms with E-state index in [1.807, 2.05) is 12.1 Å². The zero-order valence-electron chi connectivity index (χ0n) is 13.1. The summed E-state index contributed by atoms with van der Waals surface area (Å²) in [6.45, 7) is 1.92. The van der Waals surface area contributed by atoms with Crippen LogP contribution >= 0.6 is 0 Å². The fraction of sp³-hybridized carbons (Fsp3) is 0.368. The first-order valence-corrected chi connectivity index (χ1v) is 8.02. The molecule has 1 fully saturated rings. The molecule has 0 aromatic heterocycles. The second kappa shape index (κ2) is 7.43. The van der Waals surface area contributed by atoms with Gasteiger partial charge in [0.05, 0.1) is 7.11 Å². The Kier molecular flexibility index (Phi) is 5.09. The maximum Gasteiger partial charge on any atom is 0.123 e. The van der Waals surface area contributed by atoms with E-state index in [9.17, 15) is 0 Å². The van der Waals surface area contributed by atoms with Crippen molar-refractivity contribution in [1.82, 2.24) is 10.6 Å². The molecule has 1 unspecified atom stereocenters. The van der Waals surface area contributed by atoms with Gasteiger partial charge in [-0.05, 0) is 31.0 Å². The van der Waals surface area contributed by atoms with E-state index in [0.717, 1.165) is 18.8 Å². The van der Waals surface area contributed by atoms with Crippen LogP contribution in [0.3, 0.4) is 0 Å². The van der Waals surface area contributed by atoms with E-state index in [4.69, 9.17) is 4.74 Å². The molecule has 3 heteroatoms. The highest BCUT2D eigenvalue weighted by molar-refractivity contribution is 5.33. The minimum atomic E-state index is 0.379. The van der Waals surface area contributed by atoms with Crippen LogP contribution < -0.4 is 15.4 Å². The van der Waals surface area contributed by atoms with Crippen LogP contribution in [0.15, 0.2) is 54.6 Å². The lowest BCUT2D eigenvalue weighted by Crippen LogP contribution is -2.45. The molecule has 0 aliphatic carbocycles. The molecule has 1 aliphatic rings. The van der Waals surface area contributed by atoms with Crippen molar-refractivity contribution in [3.8, 4) is 5.75 Å². The lowest BCUT2D eigenvalue weighted by Gasteiger charge is -2.34. The van der Waals surface area contributed by atoms with Crippen molar-refractivity contribution in [3.63, 3.8) is 0 Å². The first-order chi connectivity index (χ1) is 10.9. The maximum absolute atomic E-state index is 5.44. The highest BCUT2D eigenvalue weighted by Crippen LogP contribution is 2.25. The third-order valence-electron chi connectivity index (χ3n) is 4.36. The molecule has 0 spiro atoms. The molecule has 2 atom stereocenters. The zero-order valence-corrected chi connectivity index (χ0v) is 13.1. The van der Waals surface area contributed by atoms with Gasteiger partial charge in [0.25, 0.3) is 0 Å². The Labute approximate surface area is 132 Å². The molecule has 0 amide bonds. The van der Waals surface area contributed by atoms with E-state index in [2.05, 4.69) is 53.1 Å². The number of piperidine rings is 1. The monoisotopic (exact) mass is 296 g/mol. The van der Waals surface area contributed by atoms with Crippen LogP contribution in [-0.4, -0.2) is 19.7 Å². The van der Waals surface area contributed by atoms with Crippen LogP contribution in [0, 0.1) is 0 Å². The molecule has 3 rings (SSSR count). The number of benzene rings is 2. The summed E-state index contributed by atoms with van der Waals surface area (Å²) in [5, 5.41) is 7.38. The standard InChI is InChI=1S/C19H24N2O/c1-22-18-12-6-5-10-16(18)14-21-17-11-7-13-20-19(17)15-8-3-2-4-9-15/h2-6,8-10,12,17,19-21H,7,11,13-14H2,1H3/t17?,19-/m1/s1. The van der Waals surface area contributed by atoms with Crippen molar-refractivity contribution in [1.29, 1.82) is 0 Å². The molecular weight excluding hydrogens is 272 g/mol. The Morgan fingerprint density at radius 2 is 1.86 bits per heavy atom. The summed E-state index contributed by atoms with van der Waals surface area (Å²) in [5.41, 5.74) is 2.57. The van der Waals surface area contributed by atoms with Crippen LogP contribution in [-0.2, 0) is 6.54 Å². The Morgan fingerprint density at radius 3 is 2.68 bits per heavy atom. The fourth-order valence-electron chi connectivity index (χ4n) is 3.21. The molecule has 116 valence electrons. The second-order valence-corrected chi connectivity index (χ2v) is 5.78. The summed E-state index contributed by atoms with van der Waals surface area (Å²) >= 11 is 0. The number of nitrogens with one attached hydrogen (secondary N) is 2. The fourth-order valence-corrected chi connectivity index (χ4v) is 3.21. The Balaban J connectivity index is 1.69. The molecule has 0 bridgehead atoms. The van der Waals surface area contributed by atoms with Gasteiger partial charge in [-0.1, -0.05) is 48.5 Å². The van der Waals surface area contributed by atoms with Crippen molar-refractivity contribution in [3.05, 3.63) is 65.7 Å². The summed E-state index contributed by atoms with van der Waals surface area (Å²) in [6.07, 6.45) is 2.41. The minimum Gasteiger partial charge on any atom is -0.496 e. The van der Waals surface area contributed by atoms with Gasteiger partial charge in [0.1, 0.15) is 5.75 Å². The summed E-state index contributed by atoms with van der Waals surface area (Å²) < 4.78 is 5.44.